The molecule has 0 aromatic heterocycles. The van der Waals surface area contributed by atoms with Crippen molar-refractivity contribution in [2.45, 2.75) is 73.3 Å². The lowest BCUT2D eigenvalue weighted by Crippen LogP contribution is -2.34. The van der Waals surface area contributed by atoms with Crippen LogP contribution in [0, 0.1) is 5.92 Å². The predicted octanol–water partition coefficient (Wildman–Crippen LogP) is 4.57. The van der Waals surface area contributed by atoms with Gasteiger partial charge in [-0.2, -0.15) is 0 Å². The summed E-state index contributed by atoms with van der Waals surface area (Å²) in [5, 5.41) is 0. The van der Waals surface area contributed by atoms with Gasteiger partial charge in [-0.3, -0.25) is 0 Å². The molecular weight excluding hydrogens is 182 g/mol. The van der Waals surface area contributed by atoms with Crippen LogP contribution >= 0.6 is 0 Å². The third-order valence-corrected chi connectivity index (χ3v) is 3.01. The van der Waals surface area contributed by atoms with Gasteiger partial charge in [0.25, 0.3) is 0 Å². The van der Waals surface area contributed by atoms with E-state index in [1.165, 1.54) is 32.2 Å². The second kappa shape index (κ2) is 12.0. The summed E-state index contributed by atoms with van der Waals surface area (Å²) in [6.07, 6.45) is 5.25. The molecule has 0 aliphatic rings. The molecule has 0 heterocycles. The average molecular weight is 215 g/mol. The Morgan fingerprint density at radius 1 is 1.00 bits per heavy atom. The van der Waals surface area contributed by atoms with Crippen molar-refractivity contribution < 1.29 is 0 Å². The van der Waals surface area contributed by atoms with Crippen molar-refractivity contribution in [1.82, 2.24) is 4.90 Å². The van der Waals surface area contributed by atoms with Crippen molar-refractivity contribution in [1.29, 1.82) is 0 Å². The van der Waals surface area contributed by atoms with E-state index in [2.05, 4.69) is 39.6 Å². The minimum absolute atomic E-state index is 0.805. The molecule has 0 aromatic carbocycles. The summed E-state index contributed by atoms with van der Waals surface area (Å²) >= 11 is 0. The molecule has 0 saturated heterocycles. The molecule has 0 N–H and O–H groups in total. The van der Waals surface area contributed by atoms with Gasteiger partial charge in [0.2, 0.25) is 0 Å². The molecule has 0 amide bonds. The molecule has 0 spiro atoms. The zero-order valence-electron chi connectivity index (χ0n) is 12.1. The van der Waals surface area contributed by atoms with Crippen LogP contribution in [0.3, 0.4) is 0 Å². The Bertz CT molecular complexity index is 112. The van der Waals surface area contributed by atoms with E-state index in [9.17, 15) is 0 Å². The Kier molecular flexibility index (Phi) is 13.9. The molecule has 0 bridgehead atoms. The topological polar surface area (TPSA) is 3.24 Å². The lowest BCUT2D eigenvalue weighted by atomic mass is 10.0. The highest BCUT2D eigenvalue weighted by Gasteiger charge is 2.13. The Balaban J connectivity index is 0. The van der Waals surface area contributed by atoms with Crippen LogP contribution in [-0.2, 0) is 0 Å². The number of nitrogens with zero attached hydrogens (tertiary/aromatic N) is 1. The molecule has 0 radical (unpaired) electrons. The Labute approximate surface area is 98.2 Å². The van der Waals surface area contributed by atoms with E-state index < -0.39 is 0 Å². The van der Waals surface area contributed by atoms with Gasteiger partial charge in [0.1, 0.15) is 0 Å². The van der Waals surface area contributed by atoms with Gasteiger partial charge >= 0.3 is 0 Å². The lowest BCUT2D eigenvalue weighted by molar-refractivity contribution is 0.194. The van der Waals surface area contributed by atoms with Gasteiger partial charge in [-0.15, -0.1) is 0 Å². The van der Waals surface area contributed by atoms with Crippen LogP contribution in [0.5, 0.6) is 0 Å². The maximum Gasteiger partial charge on any atom is 0.00896 e. The van der Waals surface area contributed by atoms with Crippen LogP contribution in [0.25, 0.3) is 0 Å². The molecule has 1 heteroatoms. The fourth-order valence-electron chi connectivity index (χ4n) is 1.84. The molecule has 0 aromatic rings. The van der Waals surface area contributed by atoms with Crippen molar-refractivity contribution in [3.63, 3.8) is 0 Å². The minimum Gasteiger partial charge on any atom is -0.303 e. The highest BCUT2D eigenvalue weighted by Crippen LogP contribution is 2.12. The van der Waals surface area contributed by atoms with E-state index in [1.54, 1.807) is 0 Å². The van der Waals surface area contributed by atoms with Crippen LogP contribution in [0.4, 0.5) is 0 Å². The SMILES string of the molecule is CC.CCCC(CC)N(C)CC(C)CC. The minimum atomic E-state index is 0.805. The Morgan fingerprint density at radius 2 is 1.53 bits per heavy atom. The third-order valence-electron chi connectivity index (χ3n) is 3.01. The molecule has 0 fully saturated rings. The van der Waals surface area contributed by atoms with Gasteiger partial charge in [0.15, 0.2) is 0 Å². The van der Waals surface area contributed by atoms with Gasteiger partial charge in [-0.25, -0.2) is 0 Å². The van der Waals surface area contributed by atoms with Gasteiger partial charge in [0.05, 0.1) is 0 Å². The molecule has 2 unspecified atom stereocenters. The summed E-state index contributed by atoms with van der Waals surface area (Å²) in [5.41, 5.74) is 0. The van der Waals surface area contributed by atoms with E-state index >= 15 is 0 Å². The Morgan fingerprint density at radius 3 is 1.87 bits per heavy atom. The van der Waals surface area contributed by atoms with Crippen molar-refractivity contribution in [2.75, 3.05) is 13.6 Å². The normalized spacial score (nSPS) is 14.4. The van der Waals surface area contributed by atoms with Crippen molar-refractivity contribution in [3.05, 3.63) is 0 Å². The molecular formula is C14H33N. The van der Waals surface area contributed by atoms with Crippen LogP contribution in [0.15, 0.2) is 0 Å². The van der Waals surface area contributed by atoms with Crippen molar-refractivity contribution >= 4 is 0 Å². The molecule has 15 heavy (non-hydrogen) atoms. The number of rotatable bonds is 7. The quantitative estimate of drug-likeness (QED) is 0.601. The molecule has 2 atom stereocenters. The maximum absolute atomic E-state index is 2.54. The molecule has 1 nitrogen and oxygen atoms in total. The van der Waals surface area contributed by atoms with E-state index in [-0.39, 0.29) is 0 Å². The summed E-state index contributed by atoms with van der Waals surface area (Å²) in [7, 11) is 2.27. The number of hydrogen-bond acceptors (Lipinski definition) is 1. The summed E-state index contributed by atoms with van der Waals surface area (Å²) in [6.45, 7) is 14.5. The highest BCUT2D eigenvalue weighted by atomic mass is 15.1. The van der Waals surface area contributed by atoms with Crippen LogP contribution in [0.1, 0.15) is 67.2 Å². The highest BCUT2D eigenvalue weighted by molar-refractivity contribution is 4.68. The van der Waals surface area contributed by atoms with Crippen molar-refractivity contribution in [2.24, 2.45) is 5.92 Å². The second-order valence-electron chi connectivity index (χ2n) is 4.30. The van der Waals surface area contributed by atoms with Crippen molar-refractivity contribution in [3.8, 4) is 0 Å². The van der Waals surface area contributed by atoms with E-state index in [4.69, 9.17) is 0 Å². The zero-order valence-corrected chi connectivity index (χ0v) is 12.1. The first-order valence-electron chi connectivity index (χ1n) is 6.85. The van der Waals surface area contributed by atoms with Gasteiger partial charge in [0, 0.05) is 12.6 Å². The third kappa shape index (κ3) is 8.92. The predicted molar refractivity (Wildman–Crippen MR) is 72.4 cm³/mol. The maximum atomic E-state index is 2.54. The van der Waals surface area contributed by atoms with Crippen LogP contribution < -0.4 is 0 Å². The Hall–Kier alpha value is -0.0400. The van der Waals surface area contributed by atoms with Gasteiger partial charge in [-0.1, -0.05) is 54.4 Å². The first-order chi connectivity index (χ1) is 7.15. The molecule has 0 saturated carbocycles. The summed E-state index contributed by atoms with van der Waals surface area (Å²) < 4.78 is 0. The van der Waals surface area contributed by atoms with E-state index in [0.29, 0.717) is 0 Å². The first kappa shape index (κ1) is 17.4. The van der Waals surface area contributed by atoms with Crippen LogP contribution in [-0.4, -0.2) is 24.5 Å². The average Bonchev–Trinajstić information content (AvgIpc) is 2.28. The fourth-order valence-corrected chi connectivity index (χ4v) is 1.84. The summed E-state index contributed by atoms with van der Waals surface area (Å²) in [4.78, 5) is 2.54. The van der Waals surface area contributed by atoms with E-state index in [1.807, 2.05) is 13.8 Å². The van der Waals surface area contributed by atoms with Crippen LogP contribution in [0.2, 0.25) is 0 Å². The lowest BCUT2D eigenvalue weighted by Gasteiger charge is -2.29. The molecule has 0 aliphatic carbocycles. The fraction of sp³-hybridized carbons (Fsp3) is 1.00. The smallest absolute Gasteiger partial charge is 0.00896 e. The summed E-state index contributed by atoms with van der Waals surface area (Å²) in [6, 6.07) is 0.805. The molecule has 0 rings (SSSR count). The second-order valence-corrected chi connectivity index (χ2v) is 4.30. The standard InChI is InChI=1S/C12H27N.C2H6/c1-6-9-12(8-3)13(5)10-11(4)7-2;1-2/h11-12H,6-10H2,1-5H3;1-2H3. The first-order valence-corrected chi connectivity index (χ1v) is 6.85. The number of hydrogen-bond donors (Lipinski definition) is 0. The van der Waals surface area contributed by atoms with E-state index in [0.717, 1.165) is 12.0 Å². The monoisotopic (exact) mass is 215 g/mol. The zero-order chi connectivity index (χ0) is 12.3. The summed E-state index contributed by atoms with van der Waals surface area (Å²) in [5.74, 6) is 0.843. The largest absolute Gasteiger partial charge is 0.303 e. The molecule has 0 aliphatic heterocycles. The molecule has 94 valence electrons. The van der Waals surface area contributed by atoms with Gasteiger partial charge < -0.3 is 4.90 Å². The van der Waals surface area contributed by atoms with Gasteiger partial charge in [-0.05, 0) is 25.8 Å².